The van der Waals surface area contributed by atoms with E-state index in [1.165, 1.54) is 13.0 Å². The maximum absolute atomic E-state index is 13.5. The Morgan fingerprint density at radius 1 is 1.07 bits per heavy atom. The van der Waals surface area contributed by atoms with E-state index in [-0.39, 0.29) is 30.9 Å². The van der Waals surface area contributed by atoms with Gasteiger partial charge in [0.2, 0.25) is 0 Å². The molecule has 2 rings (SSSR count). The lowest BCUT2D eigenvalue weighted by Gasteiger charge is -2.17. The maximum atomic E-state index is 13.5. The van der Waals surface area contributed by atoms with E-state index in [1.54, 1.807) is 30.3 Å². The van der Waals surface area contributed by atoms with E-state index >= 15 is 0 Å². The predicted molar refractivity (Wildman–Crippen MR) is 93.5 cm³/mol. The molecule has 0 saturated heterocycles. The van der Waals surface area contributed by atoms with Crippen LogP contribution in [-0.4, -0.2) is 21.0 Å². The number of ether oxygens (including phenoxy) is 2. The zero-order chi connectivity index (χ0) is 20.7. The fourth-order valence-corrected chi connectivity index (χ4v) is 2.68. The summed E-state index contributed by atoms with van der Waals surface area (Å²) < 4.78 is 76.8. The molecule has 28 heavy (non-hydrogen) atoms. The minimum absolute atomic E-state index is 0.0197. The van der Waals surface area contributed by atoms with Crippen molar-refractivity contribution in [3.63, 3.8) is 0 Å². The van der Waals surface area contributed by atoms with E-state index in [0.717, 1.165) is 6.07 Å². The number of rotatable bonds is 8. The van der Waals surface area contributed by atoms with Gasteiger partial charge in [0.15, 0.2) is 11.5 Å². The number of halogens is 3. The Morgan fingerprint density at radius 3 is 2.32 bits per heavy atom. The van der Waals surface area contributed by atoms with Crippen LogP contribution in [0.2, 0.25) is 0 Å². The van der Waals surface area contributed by atoms with Crippen molar-refractivity contribution in [1.82, 2.24) is 0 Å². The minimum Gasteiger partial charge on any atom is -0.485 e. The Bertz CT molecular complexity index is 886. The molecule has 0 N–H and O–H groups in total. The van der Waals surface area contributed by atoms with Gasteiger partial charge in [-0.15, -0.1) is 0 Å². The number of esters is 1. The second kappa shape index (κ2) is 9.45. The number of carbonyl (C=O) groups excluding carboxylic acids is 1. The van der Waals surface area contributed by atoms with E-state index in [0.29, 0.717) is 5.56 Å². The monoisotopic (exact) mass is 418 g/mol. The third-order valence-electron chi connectivity index (χ3n) is 3.52. The summed E-state index contributed by atoms with van der Waals surface area (Å²) in [6, 6.07) is 10.6. The molecule has 0 heterocycles. The van der Waals surface area contributed by atoms with Gasteiger partial charge in [-0.1, -0.05) is 30.3 Å². The lowest BCUT2D eigenvalue weighted by Crippen LogP contribution is -2.12. The van der Waals surface area contributed by atoms with Gasteiger partial charge in [0.05, 0.1) is 6.61 Å². The quantitative estimate of drug-likeness (QED) is 0.524. The number of thiol groups is 1. The number of benzene rings is 2. The lowest BCUT2D eigenvalue weighted by molar-refractivity contribution is -0.141. The first kappa shape index (κ1) is 21.5. The third-order valence-corrected chi connectivity index (χ3v) is 3.85. The molecular formula is C18H17F3O6S. The van der Waals surface area contributed by atoms with Gasteiger partial charge in [0.1, 0.15) is 12.2 Å². The van der Waals surface area contributed by atoms with Crippen LogP contribution in [0.25, 0.3) is 0 Å². The van der Waals surface area contributed by atoms with Gasteiger partial charge in [-0.05, 0) is 23.3 Å². The van der Waals surface area contributed by atoms with Crippen molar-refractivity contribution in [2.45, 2.75) is 26.1 Å². The van der Waals surface area contributed by atoms with Gasteiger partial charge in [-0.2, -0.15) is 21.6 Å². The average molecular weight is 418 g/mol. The topological polar surface area (TPSA) is 78.9 Å². The number of alkyl halides is 3. The highest BCUT2D eigenvalue weighted by Gasteiger charge is 2.37. The first-order valence-corrected chi connectivity index (χ1v) is 9.13. The van der Waals surface area contributed by atoms with Crippen molar-refractivity contribution in [1.29, 1.82) is 0 Å². The summed E-state index contributed by atoms with van der Waals surface area (Å²) >= 11 is 0. The molecule has 152 valence electrons. The van der Waals surface area contributed by atoms with Crippen LogP contribution in [0.15, 0.2) is 42.5 Å². The summed E-state index contributed by atoms with van der Waals surface area (Å²) in [5.74, 6) is -1.88. The number of hydrogen-bond donors (Lipinski definition) is 1. The predicted octanol–water partition coefficient (Wildman–Crippen LogP) is 3.30. The maximum Gasteiger partial charge on any atom is 0.420 e. The van der Waals surface area contributed by atoms with Gasteiger partial charge < -0.3 is 13.7 Å². The Labute approximate surface area is 161 Å². The highest BCUT2D eigenvalue weighted by Crippen LogP contribution is 2.43. The van der Waals surface area contributed by atoms with E-state index in [4.69, 9.17) is 9.47 Å². The van der Waals surface area contributed by atoms with Crippen LogP contribution >= 0.6 is 0 Å². The van der Waals surface area contributed by atoms with Crippen LogP contribution in [-0.2, 0) is 39.7 Å². The number of hydrogen-bond acceptors (Lipinski definition) is 6. The summed E-state index contributed by atoms with van der Waals surface area (Å²) in [5, 5.41) is 0. The Morgan fingerprint density at radius 2 is 1.75 bits per heavy atom. The molecule has 10 heteroatoms. The van der Waals surface area contributed by atoms with Gasteiger partial charge in [0, 0.05) is 13.3 Å². The molecule has 0 saturated carbocycles. The highest BCUT2D eigenvalue weighted by atomic mass is 32.2. The van der Waals surface area contributed by atoms with Crippen LogP contribution in [0, 0.1) is 0 Å². The smallest absolute Gasteiger partial charge is 0.420 e. The van der Waals surface area contributed by atoms with E-state index in [9.17, 15) is 26.4 Å². The summed E-state index contributed by atoms with van der Waals surface area (Å²) in [7, 11) is -3.60. The van der Waals surface area contributed by atoms with Crippen LogP contribution in [0.1, 0.15) is 23.6 Å². The van der Waals surface area contributed by atoms with E-state index < -0.39 is 34.4 Å². The van der Waals surface area contributed by atoms with Gasteiger partial charge in [-0.3, -0.25) is 4.79 Å². The molecule has 2 aromatic rings. The molecule has 0 aliphatic rings. The summed E-state index contributed by atoms with van der Waals surface area (Å²) in [4.78, 5) is 10.8. The van der Waals surface area contributed by atoms with Crippen LogP contribution in [0.3, 0.4) is 0 Å². The molecule has 0 aliphatic heterocycles. The molecule has 0 amide bonds. The van der Waals surface area contributed by atoms with E-state index in [1.807, 2.05) is 0 Å². The summed E-state index contributed by atoms with van der Waals surface area (Å²) in [5.41, 5.74) is -0.487. The highest BCUT2D eigenvalue weighted by molar-refractivity contribution is 7.67. The second-order valence-corrected chi connectivity index (χ2v) is 6.28. The van der Waals surface area contributed by atoms with Crippen LogP contribution in [0.5, 0.6) is 11.5 Å². The van der Waals surface area contributed by atoms with Crippen molar-refractivity contribution in [3.05, 3.63) is 59.2 Å². The van der Waals surface area contributed by atoms with Crippen LogP contribution in [0.4, 0.5) is 13.2 Å². The Hall–Kier alpha value is -2.75. The van der Waals surface area contributed by atoms with Crippen molar-refractivity contribution >= 4 is 17.0 Å². The zero-order valence-electron chi connectivity index (χ0n) is 14.7. The molecule has 0 atom stereocenters. The van der Waals surface area contributed by atoms with Crippen molar-refractivity contribution in [2.75, 3.05) is 6.61 Å². The molecule has 0 bridgehead atoms. The molecule has 0 radical (unpaired) electrons. The Balaban J connectivity index is 2.42. The summed E-state index contributed by atoms with van der Waals surface area (Å²) in [6.07, 6.45) is -4.91. The third kappa shape index (κ3) is 6.45. The fraction of sp³-hybridized carbons (Fsp3) is 0.278. The molecule has 2 aromatic carbocycles. The molecule has 0 unspecified atom stereocenters. The number of carbonyl (C=O) groups is 1. The van der Waals surface area contributed by atoms with Crippen molar-refractivity contribution < 1.29 is 40.0 Å². The van der Waals surface area contributed by atoms with E-state index in [2.05, 4.69) is 4.18 Å². The first-order valence-electron chi connectivity index (χ1n) is 8.03. The molecule has 0 spiro atoms. The van der Waals surface area contributed by atoms with Crippen molar-refractivity contribution in [3.8, 4) is 11.5 Å². The molecule has 0 fully saturated rings. The largest absolute Gasteiger partial charge is 0.485 e. The molecule has 0 aromatic heterocycles. The van der Waals surface area contributed by atoms with Gasteiger partial charge >= 0.3 is 12.1 Å². The molecule has 0 aliphatic carbocycles. The summed E-state index contributed by atoms with van der Waals surface area (Å²) in [6.45, 7) is 0.940. The SMILES string of the molecule is CC(=O)OCCc1cc(OCc2ccccc2)c(O[SH](=O)=O)c(C(F)(F)F)c1. The Kier molecular flexibility index (Phi) is 7.27. The standard InChI is InChI=1S/C18H17F3O6S/c1-12(22)25-8-7-14-9-15(18(19,20)21)17(27-28(23)24)16(10-14)26-11-13-5-3-2-4-6-13/h2-6,9-10,28H,7-8,11H2,1H3. The van der Waals surface area contributed by atoms with Gasteiger partial charge in [-0.25, -0.2) is 0 Å². The average Bonchev–Trinajstić information content (AvgIpc) is 2.60. The lowest BCUT2D eigenvalue weighted by atomic mass is 10.1. The second-order valence-electron chi connectivity index (χ2n) is 5.65. The normalized spacial score (nSPS) is 11.3. The minimum atomic E-state index is -4.89. The molecular weight excluding hydrogens is 401 g/mol. The zero-order valence-corrected chi connectivity index (χ0v) is 15.6. The van der Waals surface area contributed by atoms with Gasteiger partial charge in [0.25, 0.3) is 11.0 Å². The fourth-order valence-electron chi connectivity index (χ4n) is 2.34. The van der Waals surface area contributed by atoms with Crippen LogP contribution < -0.4 is 8.92 Å². The first-order chi connectivity index (χ1) is 13.2. The van der Waals surface area contributed by atoms with Crippen molar-refractivity contribution in [2.24, 2.45) is 0 Å². The molecule has 6 nitrogen and oxygen atoms in total.